The zero-order valence-electron chi connectivity index (χ0n) is 5.06. The Hall–Kier alpha value is -0.560. The maximum absolute atomic E-state index is 8.37. The monoisotopic (exact) mass is 112 g/mol. The first-order chi connectivity index (χ1) is 3.81. The van der Waals surface area contributed by atoms with E-state index in [-0.39, 0.29) is 6.61 Å². The van der Waals surface area contributed by atoms with Crippen LogP contribution >= 0.6 is 0 Å². The molecule has 1 N–H and O–H groups in total. The Morgan fingerprint density at radius 2 is 2.25 bits per heavy atom. The van der Waals surface area contributed by atoms with Crippen LogP contribution < -0.4 is 0 Å². The number of aliphatic hydroxyl groups excluding tert-OH is 1. The lowest BCUT2D eigenvalue weighted by molar-refractivity contribution is 0.299. The quantitative estimate of drug-likeness (QED) is 0.546. The Bertz CT molecular complexity index is 84.4. The van der Waals surface area contributed by atoms with Crippen LogP contribution in [-0.2, 0) is 0 Å². The molecule has 8 heavy (non-hydrogen) atoms. The summed E-state index contributed by atoms with van der Waals surface area (Å²) in [7, 11) is 0. The third-order valence-electron chi connectivity index (χ3n) is 0.898. The summed E-state index contributed by atoms with van der Waals surface area (Å²) in [6.07, 6.45) is 3.31. The minimum Gasteiger partial charge on any atom is -0.396 e. The van der Waals surface area contributed by atoms with E-state index in [1.807, 2.05) is 0 Å². The number of hydrogen-bond donors (Lipinski definition) is 1. The van der Waals surface area contributed by atoms with Crippen LogP contribution in [0.2, 0.25) is 0 Å². The first-order valence-electron chi connectivity index (χ1n) is 2.69. The molecule has 0 bridgehead atoms. The molecule has 0 aromatic carbocycles. The molecule has 1 nitrogen and oxygen atoms in total. The number of aliphatic hydroxyl groups is 1. The number of rotatable bonds is 4. The highest BCUT2D eigenvalue weighted by Crippen LogP contribution is 2.01. The Kier molecular flexibility index (Phi) is 4.27. The zero-order valence-corrected chi connectivity index (χ0v) is 5.06. The van der Waals surface area contributed by atoms with Crippen molar-refractivity contribution in [2.75, 3.05) is 6.61 Å². The second-order valence-electron chi connectivity index (χ2n) is 1.72. The first kappa shape index (κ1) is 7.44. The third-order valence-corrected chi connectivity index (χ3v) is 0.898. The Labute approximate surface area is 50.3 Å². The van der Waals surface area contributed by atoms with Crippen LogP contribution in [0.15, 0.2) is 24.8 Å². The molecular formula is C7H12O. The van der Waals surface area contributed by atoms with Crippen molar-refractivity contribution in [2.45, 2.75) is 12.8 Å². The van der Waals surface area contributed by atoms with Gasteiger partial charge in [-0.25, -0.2) is 0 Å². The lowest BCUT2D eigenvalue weighted by Gasteiger charge is -1.95. The van der Waals surface area contributed by atoms with Gasteiger partial charge in [-0.2, -0.15) is 0 Å². The van der Waals surface area contributed by atoms with Crippen molar-refractivity contribution in [3.05, 3.63) is 24.8 Å². The largest absolute Gasteiger partial charge is 0.396 e. The van der Waals surface area contributed by atoms with Crippen LogP contribution in [-0.4, -0.2) is 11.7 Å². The Morgan fingerprint density at radius 3 is 2.62 bits per heavy atom. The van der Waals surface area contributed by atoms with Gasteiger partial charge in [-0.05, 0) is 12.8 Å². The van der Waals surface area contributed by atoms with Gasteiger partial charge in [0.25, 0.3) is 0 Å². The number of allylic oxidation sites excluding steroid dienone is 1. The normalized spacial score (nSPS) is 8.62. The predicted molar refractivity (Wildman–Crippen MR) is 35.7 cm³/mol. The molecule has 0 amide bonds. The first-order valence-corrected chi connectivity index (χ1v) is 2.69. The summed E-state index contributed by atoms with van der Waals surface area (Å²) in [4.78, 5) is 0. The molecule has 0 aliphatic carbocycles. The lowest BCUT2D eigenvalue weighted by atomic mass is 10.1. The van der Waals surface area contributed by atoms with E-state index in [4.69, 9.17) is 5.11 Å². The van der Waals surface area contributed by atoms with Crippen molar-refractivity contribution in [1.82, 2.24) is 0 Å². The van der Waals surface area contributed by atoms with Gasteiger partial charge >= 0.3 is 0 Å². The Morgan fingerprint density at radius 1 is 1.62 bits per heavy atom. The van der Waals surface area contributed by atoms with Crippen molar-refractivity contribution in [3.8, 4) is 0 Å². The molecule has 0 spiro atoms. The standard InChI is InChI=1S/C7H12O/c1-3-4-7(2)5-6-8/h3,8H,1-2,4-6H2. The maximum Gasteiger partial charge on any atom is 0.0468 e. The van der Waals surface area contributed by atoms with E-state index in [9.17, 15) is 0 Å². The fraction of sp³-hybridized carbons (Fsp3) is 0.429. The van der Waals surface area contributed by atoms with Crippen LogP contribution in [0.5, 0.6) is 0 Å². The Balaban J connectivity index is 3.18. The molecule has 0 radical (unpaired) electrons. The molecule has 0 unspecified atom stereocenters. The molecule has 0 heterocycles. The molecule has 0 aromatic rings. The summed E-state index contributed by atoms with van der Waals surface area (Å²) in [6.45, 7) is 7.44. The van der Waals surface area contributed by atoms with Gasteiger partial charge in [0.05, 0.1) is 0 Å². The summed E-state index contributed by atoms with van der Waals surface area (Å²) in [5, 5.41) is 8.37. The van der Waals surface area contributed by atoms with Crippen LogP contribution in [0.4, 0.5) is 0 Å². The van der Waals surface area contributed by atoms with Crippen LogP contribution in [0.1, 0.15) is 12.8 Å². The average molecular weight is 112 g/mol. The van der Waals surface area contributed by atoms with Gasteiger partial charge in [0.2, 0.25) is 0 Å². The number of hydrogen-bond acceptors (Lipinski definition) is 1. The fourth-order valence-corrected chi connectivity index (χ4v) is 0.464. The zero-order chi connectivity index (χ0) is 6.41. The molecule has 0 rings (SSSR count). The molecule has 0 fully saturated rings. The third kappa shape index (κ3) is 3.62. The summed E-state index contributed by atoms with van der Waals surface area (Å²) >= 11 is 0. The van der Waals surface area contributed by atoms with Gasteiger partial charge in [0.1, 0.15) is 0 Å². The van der Waals surface area contributed by atoms with Crippen molar-refractivity contribution in [2.24, 2.45) is 0 Å². The highest BCUT2D eigenvalue weighted by atomic mass is 16.2. The summed E-state index contributed by atoms with van der Waals surface area (Å²) in [5.74, 6) is 0. The molecule has 46 valence electrons. The summed E-state index contributed by atoms with van der Waals surface area (Å²) < 4.78 is 0. The smallest absolute Gasteiger partial charge is 0.0468 e. The summed E-state index contributed by atoms with van der Waals surface area (Å²) in [5.41, 5.74) is 1.04. The van der Waals surface area contributed by atoms with Gasteiger partial charge in [-0.1, -0.05) is 18.2 Å². The summed E-state index contributed by atoms with van der Waals surface area (Å²) in [6, 6.07) is 0. The van der Waals surface area contributed by atoms with Gasteiger partial charge < -0.3 is 5.11 Å². The van der Waals surface area contributed by atoms with Crippen LogP contribution in [0, 0.1) is 0 Å². The lowest BCUT2D eigenvalue weighted by Crippen LogP contribution is -1.84. The fourth-order valence-electron chi connectivity index (χ4n) is 0.464. The average Bonchev–Trinajstić information content (AvgIpc) is 1.68. The highest BCUT2D eigenvalue weighted by Gasteiger charge is 1.86. The molecule has 0 aliphatic rings. The molecule has 0 atom stereocenters. The van der Waals surface area contributed by atoms with Gasteiger partial charge in [0, 0.05) is 6.61 Å². The van der Waals surface area contributed by atoms with E-state index < -0.39 is 0 Å². The van der Waals surface area contributed by atoms with Crippen LogP contribution in [0.3, 0.4) is 0 Å². The van der Waals surface area contributed by atoms with E-state index in [0.29, 0.717) is 6.42 Å². The molecular weight excluding hydrogens is 100 g/mol. The molecule has 0 saturated carbocycles. The predicted octanol–water partition coefficient (Wildman–Crippen LogP) is 1.50. The highest BCUT2D eigenvalue weighted by molar-refractivity contribution is 4.99. The van der Waals surface area contributed by atoms with Crippen LogP contribution in [0.25, 0.3) is 0 Å². The molecule has 0 aromatic heterocycles. The second kappa shape index (κ2) is 4.60. The van der Waals surface area contributed by atoms with Crippen molar-refractivity contribution < 1.29 is 5.11 Å². The maximum atomic E-state index is 8.37. The minimum absolute atomic E-state index is 0.201. The van der Waals surface area contributed by atoms with E-state index in [2.05, 4.69) is 13.2 Å². The molecule has 1 heteroatoms. The second-order valence-corrected chi connectivity index (χ2v) is 1.72. The molecule has 0 aliphatic heterocycles. The van der Waals surface area contributed by atoms with Gasteiger partial charge in [-0.15, -0.1) is 6.58 Å². The van der Waals surface area contributed by atoms with E-state index >= 15 is 0 Å². The SMILES string of the molecule is C=CCC(=C)CCO. The van der Waals surface area contributed by atoms with Gasteiger partial charge in [0.15, 0.2) is 0 Å². The van der Waals surface area contributed by atoms with Crippen molar-refractivity contribution in [3.63, 3.8) is 0 Å². The topological polar surface area (TPSA) is 20.2 Å². The minimum atomic E-state index is 0.201. The van der Waals surface area contributed by atoms with E-state index in [1.165, 1.54) is 0 Å². The van der Waals surface area contributed by atoms with Gasteiger partial charge in [-0.3, -0.25) is 0 Å². The van der Waals surface area contributed by atoms with Crippen molar-refractivity contribution in [1.29, 1.82) is 0 Å². The van der Waals surface area contributed by atoms with E-state index in [1.54, 1.807) is 6.08 Å². The molecule has 0 saturated heterocycles. The van der Waals surface area contributed by atoms with Crippen molar-refractivity contribution >= 4 is 0 Å². The van der Waals surface area contributed by atoms with E-state index in [0.717, 1.165) is 12.0 Å².